The SMILES string of the molecule is CC(C)c1ccc(NC(=O)C2CCN(C(=O)c3ccc(Cl)cc3Cl)CC2)cc1. The molecule has 0 atom stereocenters. The number of rotatable bonds is 4. The summed E-state index contributed by atoms with van der Waals surface area (Å²) in [5.41, 5.74) is 2.49. The van der Waals surface area contributed by atoms with Crippen LogP contribution in [0.5, 0.6) is 0 Å². The maximum Gasteiger partial charge on any atom is 0.255 e. The van der Waals surface area contributed by atoms with Crippen LogP contribution in [-0.4, -0.2) is 29.8 Å². The molecule has 0 bridgehead atoms. The molecule has 0 unspecified atom stereocenters. The summed E-state index contributed by atoms with van der Waals surface area (Å²) in [5.74, 6) is 0.244. The molecule has 0 aromatic heterocycles. The topological polar surface area (TPSA) is 49.4 Å². The normalized spacial score (nSPS) is 15.0. The smallest absolute Gasteiger partial charge is 0.255 e. The summed E-state index contributed by atoms with van der Waals surface area (Å²) in [6.07, 6.45) is 1.26. The van der Waals surface area contributed by atoms with Gasteiger partial charge in [-0.2, -0.15) is 0 Å². The molecule has 2 aromatic carbocycles. The Morgan fingerprint density at radius 2 is 1.68 bits per heavy atom. The Hall–Kier alpha value is -2.04. The van der Waals surface area contributed by atoms with Crippen molar-refractivity contribution in [2.45, 2.75) is 32.6 Å². The first kappa shape index (κ1) is 20.7. The third kappa shape index (κ3) is 4.86. The minimum Gasteiger partial charge on any atom is -0.339 e. The largest absolute Gasteiger partial charge is 0.339 e. The van der Waals surface area contributed by atoms with E-state index in [2.05, 4.69) is 19.2 Å². The van der Waals surface area contributed by atoms with E-state index in [9.17, 15) is 9.59 Å². The van der Waals surface area contributed by atoms with Gasteiger partial charge in [-0.15, -0.1) is 0 Å². The summed E-state index contributed by atoms with van der Waals surface area (Å²) < 4.78 is 0. The summed E-state index contributed by atoms with van der Waals surface area (Å²) in [6.45, 7) is 5.34. The van der Waals surface area contributed by atoms with Crippen LogP contribution in [0.15, 0.2) is 42.5 Å². The first-order chi connectivity index (χ1) is 13.3. The lowest BCUT2D eigenvalue weighted by Crippen LogP contribution is -2.41. The van der Waals surface area contributed by atoms with Gasteiger partial charge in [0.2, 0.25) is 5.91 Å². The molecule has 0 radical (unpaired) electrons. The van der Waals surface area contributed by atoms with Gasteiger partial charge in [0.1, 0.15) is 0 Å². The minimum absolute atomic E-state index is 0.00826. The number of amides is 2. The molecule has 1 heterocycles. The van der Waals surface area contributed by atoms with Crippen LogP contribution in [0.2, 0.25) is 10.0 Å². The van der Waals surface area contributed by atoms with Crippen LogP contribution in [0.3, 0.4) is 0 Å². The average molecular weight is 419 g/mol. The van der Waals surface area contributed by atoms with Crippen LogP contribution in [0.1, 0.15) is 48.5 Å². The fourth-order valence-electron chi connectivity index (χ4n) is 3.37. The number of halogens is 2. The lowest BCUT2D eigenvalue weighted by molar-refractivity contribution is -0.121. The number of piperidine rings is 1. The van der Waals surface area contributed by atoms with Gasteiger partial charge >= 0.3 is 0 Å². The highest BCUT2D eigenvalue weighted by molar-refractivity contribution is 6.36. The number of carbonyl (C=O) groups excluding carboxylic acids is 2. The molecule has 1 N–H and O–H groups in total. The number of benzene rings is 2. The number of likely N-dealkylation sites (tertiary alicyclic amines) is 1. The predicted molar refractivity (Wildman–Crippen MR) is 114 cm³/mol. The van der Waals surface area contributed by atoms with E-state index in [0.717, 1.165) is 5.69 Å². The number of nitrogens with one attached hydrogen (secondary N) is 1. The van der Waals surface area contributed by atoms with Crippen molar-refractivity contribution in [2.24, 2.45) is 5.92 Å². The molecule has 4 nitrogen and oxygen atoms in total. The highest BCUT2D eigenvalue weighted by Crippen LogP contribution is 2.26. The lowest BCUT2D eigenvalue weighted by atomic mass is 9.95. The molecule has 1 fully saturated rings. The Kier molecular flexibility index (Phi) is 6.63. The number of hydrogen-bond acceptors (Lipinski definition) is 2. The van der Waals surface area contributed by atoms with E-state index in [0.29, 0.717) is 47.5 Å². The summed E-state index contributed by atoms with van der Waals surface area (Å²) in [7, 11) is 0. The van der Waals surface area contributed by atoms with Crippen LogP contribution < -0.4 is 5.32 Å². The molecule has 2 amide bonds. The molecule has 148 valence electrons. The van der Waals surface area contributed by atoms with E-state index in [-0.39, 0.29) is 17.7 Å². The Morgan fingerprint density at radius 1 is 1.04 bits per heavy atom. The molecule has 2 aromatic rings. The third-order valence-electron chi connectivity index (χ3n) is 5.16. The zero-order valence-corrected chi connectivity index (χ0v) is 17.6. The summed E-state index contributed by atoms with van der Waals surface area (Å²) in [6, 6.07) is 12.8. The maximum absolute atomic E-state index is 12.7. The van der Waals surface area contributed by atoms with Gasteiger partial charge in [-0.3, -0.25) is 9.59 Å². The van der Waals surface area contributed by atoms with Gasteiger partial charge in [0.25, 0.3) is 5.91 Å². The van der Waals surface area contributed by atoms with Crippen LogP contribution in [0, 0.1) is 5.92 Å². The maximum atomic E-state index is 12.7. The van der Waals surface area contributed by atoms with Gasteiger partial charge in [-0.1, -0.05) is 49.2 Å². The van der Waals surface area contributed by atoms with Gasteiger partial charge in [-0.05, 0) is 54.7 Å². The second kappa shape index (κ2) is 8.97. The van der Waals surface area contributed by atoms with E-state index < -0.39 is 0 Å². The van der Waals surface area contributed by atoms with Gasteiger partial charge in [0.15, 0.2) is 0 Å². The van der Waals surface area contributed by atoms with E-state index >= 15 is 0 Å². The van der Waals surface area contributed by atoms with E-state index in [1.807, 2.05) is 24.3 Å². The molecule has 1 aliphatic heterocycles. The zero-order valence-electron chi connectivity index (χ0n) is 16.0. The Labute approximate surface area is 175 Å². The fourth-order valence-corrected chi connectivity index (χ4v) is 3.86. The number of anilines is 1. The van der Waals surface area contributed by atoms with Crippen molar-refractivity contribution in [3.63, 3.8) is 0 Å². The van der Waals surface area contributed by atoms with E-state index in [1.165, 1.54) is 5.56 Å². The van der Waals surface area contributed by atoms with E-state index in [1.54, 1.807) is 23.1 Å². The first-order valence-corrected chi connectivity index (χ1v) is 10.3. The second-order valence-corrected chi connectivity index (χ2v) is 8.30. The standard InChI is InChI=1S/C22H24Cl2N2O2/c1-14(2)15-3-6-18(7-4-15)25-21(27)16-9-11-26(12-10-16)22(28)19-8-5-17(23)13-20(19)24/h3-8,13-14,16H,9-12H2,1-2H3,(H,25,27). The number of nitrogens with zero attached hydrogens (tertiary/aromatic N) is 1. The average Bonchev–Trinajstić information content (AvgIpc) is 2.68. The van der Waals surface area contributed by atoms with Crippen molar-refractivity contribution in [3.8, 4) is 0 Å². The van der Waals surface area contributed by atoms with Crippen LogP contribution in [-0.2, 0) is 4.79 Å². The van der Waals surface area contributed by atoms with Crippen LogP contribution in [0.4, 0.5) is 5.69 Å². The molecule has 0 spiro atoms. The predicted octanol–water partition coefficient (Wildman–Crippen LogP) is 5.61. The zero-order chi connectivity index (χ0) is 20.3. The quantitative estimate of drug-likeness (QED) is 0.701. The molecule has 1 aliphatic rings. The van der Waals surface area contributed by atoms with Crippen molar-refractivity contribution in [3.05, 3.63) is 63.6 Å². The Balaban J connectivity index is 1.55. The van der Waals surface area contributed by atoms with Gasteiger partial charge in [0.05, 0.1) is 10.6 Å². The summed E-state index contributed by atoms with van der Waals surface area (Å²) >= 11 is 12.0. The molecule has 0 saturated carbocycles. The van der Waals surface area contributed by atoms with Gasteiger partial charge in [-0.25, -0.2) is 0 Å². The molecule has 28 heavy (non-hydrogen) atoms. The molecule has 3 rings (SSSR count). The molecular weight excluding hydrogens is 395 g/mol. The van der Waals surface area contributed by atoms with Crippen LogP contribution in [0.25, 0.3) is 0 Å². The van der Waals surface area contributed by atoms with Crippen molar-refractivity contribution < 1.29 is 9.59 Å². The van der Waals surface area contributed by atoms with Crippen molar-refractivity contribution in [2.75, 3.05) is 18.4 Å². The monoisotopic (exact) mass is 418 g/mol. The summed E-state index contributed by atoms with van der Waals surface area (Å²) in [5, 5.41) is 3.84. The lowest BCUT2D eigenvalue weighted by Gasteiger charge is -2.31. The highest BCUT2D eigenvalue weighted by Gasteiger charge is 2.28. The molecule has 1 saturated heterocycles. The Bertz CT molecular complexity index is 857. The molecular formula is C22H24Cl2N2O2. The fraction of sp³-hybridized carbons (Fsp3) is 0.364. The molecule has 0 aliphatic carbocycles. The Morgan fingerprint density at radius 3 is 2.25 bits per heavy atom. The summed E-state index contributed by atoms with van der Waals surface area (Å²) in [4.78, 5) is 27.0. The van der Waals surface area contributed by atoms with Crippen molar-refractivity contribution in [1.82, 2.24) is 4.90 Å². The molecule has 6 heteroatoms. The van der Waals surface area contributed by atoms with Gasteiger partial charge in [0, 0.05) is 29.7 Å². The van der Waals surface area contributed by atoms with Crippen LogP contribution >= 0.6 is 23.2 Å². The third-order valence-corrected chi connectivity index (χ3v) is 5.71. The first-order valence-electron chi connectivity index (χ1n) is 9.50. The number of hydrogen-bond donors (Lipinski definition) is 1. The van der Waals surface area contributed by atoms with Gasteiger partial charge < -0.3 is 10.2 Å². The van der Waals surface area contributed by atoms with E-state index in [4.69, 9.17) is 23.2 Å². The second-order valence-electron chi connectivity index (χ2n) is 7.46. The van der Waals surface area contributed by atoms with Crippen molar-refractivity contribution >= 4 is 40.7 Å². The van der Waals surface area contributed by atoms with Crippen molar-refractivity contribution in [1.29, 1.82) is 0 Å². The highest BCUT2D eigenvalue weighted by atomic mass is 35.5. The minimum atomic E-state index is -0.121. The number of carbonyl (C=O) groups is 2.